The number of phenolic OH excluding ortho intramolecular Hbond substituents is 1. The van der Waals surface area contributed by atoms with E-state index in [2.05, 4.69) is 37.1 Å². The van der Waals surface area contributed by atoms with Gasteiger partial charge in [0, 0.05) is 16.3 Å². The van der Waals surface area contributed by atoms with Crippen molar-refractivity contribution in [2.75, 3.05) is 20.3 Å². The summed E-state index contributed by atoms with van der Waals surface area (Å²) in [4.78, 5) is 36.8. The molecular weight excluding hydrogens is 572 g/mol. The van der Waals surface area contributed by atoms with Gasteiger partial charge in [0.25, 0.3) is 5.91 Å². The monoisotopic (exact) mass is 594 g/mol. The van der Waals surface area contributed by atoms with Crippen molar-refractivity contribution in [2.24, 2.45) is 5.10 Å². The maximum atomic E-state index is 12.5. The lowest BCUT2D eigenvalue weighted by Crippen LogP contribution is -2.45. The molecule has 3 rings (SSSR count). The highest BCUT2D eigenvalue weighted by atomic mass is 79.9. The van der Waals surface area contributed by atoms with Crippen LogP contribution in [0.15, 0.2) is 51.2 Å². The average molecular weight is 596 g/mol. The molecule has 0 fully saturated rings. The molecule has 0 bridgehead atoms. The van der Waals surface area contributed by atoms with Crippen LogP contribution in [0.5, 0.6) is 17.2 Å². The molecule has 0 unspecified atom stereocenters. The molecule has 0 spiro atoms. The summed E-state index contributed by atoms with van der Waals surface area (Å²) in [6.45, 7) is 3.08. The minimum Gasteiger partial charge on any atom is -0.506 e. The molecule has 13 heteroatoms. The lowest BCUT2D eigenvalue weighted by molar-refractivity contribution is -0.139. The number of urea groups is 1. The standard InChI is InChI=1S/C24H24BrClN4O7/c1-4-36-23(33)20-12(2)28-24(34)29-21(20)13-5-6-17(18(8-13)35-3)37-11-19(31)30-27-10-14-7-15(26)9-16(25)22(14)32/h5-10,21,32H,4,11H2,1-3H3,(H,30,31)(H2,28,29,34)/b27-10-/t21-/m0/s1. The zero-order valence-corrected chi connectivity index (χ0v) is 22.4. The highest BCUT2D eigenvalue weighted by Crippen LogP contribution is 2.34. The molecule has 0 radical (unpaired) electrons. The van der Waals surface area contributed by atoms with Crippen LogP contribution in [0.25, 0.3) is 0 Å². The van der Waals surface area contributed by atoms with Gasteiger partial charge in [-0.1, -0.05) is 17.7 Å². The number of nitrogens with zero attached hydrogens (tertiary/aromatic N) is 1. The summed E-state index contributed by atoms with van der Waals surface area (Å²) in [5.41, 5.74) is 3.77. The van der Waals surface area contributed by atoms with Crippen LogP contribution in [0.4, 0.5) is 4.79 Å². The van der Waals surface area contributed by atoms with Crippen LogP contribution in [0.1, 0.15) is 31.0 Å². The summed E-state index contributed by atoms with van der Waals surface area (Å²) >= 11 is 9.12. The van der Waals surface area contributed by atoms with Gasteiger partial charge in [-0.15, -0.1) is 0 Å². The number of carbonyl (C=O) groups excluding carboxylic acids is 3. The van der Waals surface area contributed by atoms with E-state index < -0.39 is 30.6 Å². The van der Waals surface area contributed by atoms with Crippen molar-refractivity contribution in [2.45, 2.75) is 19.9 Å². The number of aromatic hydroxyl groups is 1. The van der Waals surface area contributed by atoms with Crippen LogP contribution < -0.4 is 25.5 Å². The number of phenols is 1. The van der Waals surface area contributed by atoms with Gasteiger partial charge in [0.05, 0.1) is 36.0 Å². The van der Waals surface area contributed by atoms with Gasteiger partial charge in [0.2, 0.25) is 0 Å². The highest BCUT2D eigenvalue weighted by molar-refractivity contribution is 9.10. The van der Waals surface area contributed by atoms with Gasteiger partial charge in [-0.3, -0.25) is 4.79 Å². The molecule has 196 valence electrons. The molecule has 1 aliphatic heterocycles. The number of nitrogens with one attached hydrogen (secondary N) is 3. The van der Waals surface area contributed by atoms with E-state index in [1.165, 1.54) is 25.5 Å². The molecule has 1 aliphatic rings. The third-order valence-electron chi connectivity index (χ3n) is 5.09. The van der Waals surface area contributed by atoms with E-state index in [0.717, 1.165) is 0 Å². The fraction of sp³-hybridized carbons (Fsp3) is 0.250. The van der Waals surface area contributed by atoms with E-state index in [4.69, 9.17) is 25.8 Å². The fourth-order valence-corrected chi connectivity index (χ4v) is 4.27. The fourth-order valence-electron chi connectivity index (χ4n) is 3.44. The Morgan fingerprint density at radius 3 is 2.73 bits per heavy atom. The molecule has 1 heterocycles. The summed E-state index contributed by atoms with van der Waals surface area (Å²) in [6.07, 6.45) is 1.24. The maximum absolute atomic E-state index is 12.5. The molecule has 0 saturated carbocycles. The molecule has 2 aromatic carbocycles. The van der Waals surface area contributed by atoms with E-state index in [0.29, 0.717) is 26.3 Å². The van der Waals surface area contributed by atoms with Crippen molar-refractivity contribution in [3.05, 3.63) is 62.2 Å². The number of benzene rings is 2. The number of halogens is 2. The number of ether oxygens (including phenoxy) is 3. The first-order chi connectivity index (χ1) is 17.6. The number of amides is 3. The van der Waals surface area contributed by atoms with Gasteiger partial charge in [0.15, 0.2) is 18.1 Å². The predicted molar refractivity (Wildman–Crippen MR) is 139 cm³/mol. The Bertz CT molecular complexity index is 1280. The summed E-state index contributed by atoms with van der Waals surface area (Å²) in [6, 6.07) is 6.53. The zero-order valence-electron chi connectivity index (χ0n) is 20.1. The maximum Gasteiger partial charge on any atom is 0.338 e. The van der Waals surface area contributed by atoms with Gasteiger partial charge < -0.3 is 30.0 Å². The van der Waals surface area contributed by atoms with Gasteiger partial charge in [-0.2, -0.15) is 5.10 Å². The number of carbonyl (C=O) groups is 3. The first-order valence-electron chi connectivity index (χ1n) is 10.9. The number of allylic oxidation sites excluding steroid dienone is 1. The van der Waals surface area contributed by atoms with Gasteiger partial charge in [-0.05, 0) is 59.6 Å². The Hall–Kier alpha value is -3.77. The van der Waals surface area contributed by atoms with Crippen molar-refractivity contribution < 1.29 is 33.7 Å². The molecule has 2 aromatic rings. The molecule has 1 atom stereocenters. The first-order valence-corrected chi connectivity index (χ1v) is 12.1. The van der Waals surface area contributed by atoms with Crippen molar-refractivity contribution in [1.29, 1.82) is 0 Å². The molecule has 0 saturated heterocycles. The Balaban J connectivity index is 1.70. The van der Waals surface area contributed by atoms with Crippen LogP contribution in [0, 0.1) is 0 Å². The summed E-state index contributed by atoms with van der Waals surface area (Å²) < 4.78 is 16.5. The van der Waals surface area contributed by atoms with E-state index >= 15 is 0 Å². The van der Waals surface area contributed by atoms with Crippen molar-refractivity contribution >= 4 is 51.7 Å². The van der Waals surface area contributed by atoms with E-state index in [1.807, 2.05) is 0 Å². The minimum atomic E-state index is -0.781. The molecular formula is C24H24BrClN4O7. The number of methoxy groups -OCH3 is 1. The van der Waals surface area contributed by atoms with Crippen molar-refractivity contribution in [1.82, 2.24) is 16.1 Å². The molecule has 0 aliphatic carbocycles. The number of hydrazone groups is 1. The van der Waals surface area contributed by atoms with E-state index in [-0.39, 0.29) is 29.4 Å². The third-order valence-corrected chi connectivity index (χ3v) is 5.92. The van der Waals surface area contributed by atoms with Crippen LogP contribution >= 0.6 is 27.5 Å². The van der Waals surface area contributed by atoms with Crippen molar-refractivity contribution in [3.8, 4) is 17.2 Å². The Labute approximate surface area is 225 Å². The normalized spacial score (nSPS) is 15.2. The molecule has 0 aromatic heterocycles. The van der Waals surface area contributed by atoms with Crippen molar-refractivity contribution in [3.63, 3.8) is 0 Å². The second kappa shape index (κ2) is 12.5. The second-order valence-electron chi connectivity index (χ2n) is 7.61. The summed E-state index contributed by atoms with van der Waals surface area (Å²) in [5.74, 6) is -0.689. The second-order valence-corrected chi connectivity index (χ2v) is 8.90. The topological polar surface area (TPSA) is 148 Å². The van der Waals surface area contributed by atoms with Crippen LogP contribution in [-0.4, -0.2) is 49.6 Å². The quantitative estimate of drug-likeness (QED) is 0.197. The lowest BCUT2D eigenvalue weighted by Gasteiger charge is -2.28. The van der Waals surface area contributed by atoms with Crippen LogP contribution in [-0.2, 0) is 14.3 Å². The highest BCUT2D eigenvalue weighted by Gasteiger charge is 2.32. The summed E-state index contributed by atoms with van der Waals surface area (Å²) in [5, 5.41) is 19.5. The largest absolute Gasteiger partial charge is 0.506 e. The molecule has 37 heavy (non-hydrogen) atoms. The number of hydrogen-bond donors (Lipinski definition) is 4. The zero-order chi connectivity index (χ0) is 27.1. The SMILES string of the molecule is CCOC(=O)C1=C(C)NC(=O)N[C@H]1c1ccc(OCC(=O)N/N=C\c2cc(Cl)cc(Br)c2O)c(OC)c1. The Kier molecular flexibility index (Phi) is 9.36. The minimum absolute atomic E-state index is 0.0791. The van der Waals surface area contributed by atoms with Gasteiger partial charge >= 0.3 is 12.0 Å². The van der Waals surface area contributed by atoms with Crippen LogP contribution in [0.3, 0.4) is 0 Å². The van der Waals surface area contributed by atoms with Crippen LogP contribution in [0.2, 0.25) is 5.02 Å². The smallest absolute Gasteiger partial charge is 0.338 e. The Morgan fingerprint density at radius 1 is 1.27 bits per heavy atom. The first kappa shape index (κ1) is 27.8. The van der Waals surface area contributed by atoms with Gasteiger partial charge in [-0.25, -0.2) is 15.0 Å². The number of esters is 1. The molecule has 11 nitrogen and oxygen atoms in total. The molecule has 4 N–H and O–H groups in total. The molecule has 3 amide bonds. The Morgan fingerprint density at radius 2 is 2.03 bits per heavy atom. The van der Waals surface area contributed by atoms with Gasteiger partial charge in [0.1, 0.15) is 5.75 Å². The predicted octanol–water partition coefficient (Wildman–Crippen LogP) is 3.54. The lowest BCUT2D eigenvalue weighted by atomic mass is 9.95. The van der Waals surface area contributed by atoms with E-state index in [1.54, 1.807) is 32.0 Å². The average Bonchev–Trinajstić information content (AvgIpc) is 2.85. The summed E-state index contributed by atoms with van der Waals surface area (Å²) in [7, 11) is 1.42. The van der Waals surface area contributed by atoms with E-state index in [9.17, 15) is 19.5 Å². The number of rotatable bonds is 9. The number of hydrogen-bond acceptors (Lipinski definition) is 8. The third kappa shape index (κ3) is 6.92.